The van der Waals surface area contributed by atoms with E-state index in [-0.39, 0.29) is 6.61 Å². The molecule has 0 aliphatic carbocycles. The zero-order valence-electron chi connectivity index (χ0n) is 12.3. The average molecular weight is 290 g/mol. The number of aromatic carboxylic acids is 1. The maximum absolute atomic E-state index is 11.3. The Hall–Kier alpha value is -1.85. The summed E-state index contributed by atoms with van der Waals surface area (Å²) in [7, 11) is 0. The molecule has 114 valence electrons. The van der Waals surface area contributed by atoms with Crippen LogP contribution in [-0.2, 0) is 13.0 Å². The molecule has 0 radical (unpaired) electrons. The van der Waals surface area contributed by atoms with E-state index in [0.717, 1.165) is 29.3 Å². The van der Waals surface area contributed by atoms with Crippen molar-refractivity contribution in [3.63, 3.8) is 0 Å². The third-order valence-electron chi connectivity index (χ3n) is 3.75. The molecular formula is C16H22N2O3. The summed E-state index contributed by atoms with van der Waals surface area (Å²) in [5.41, 5.74) is 8.78. The quantitative estimate of drug-likeness (QED) is 0.727. The number of aryl methyl sites for hydroxylation is 3. The molecular weight excluding hydrogens is 268 g/mol. The highest BCUT2D eigenvalue weighted by atomic mass is 16.4. The molecule has 0 amide bonds. The van der Waals surface area contributed by atoms with Gasteiger partial charge in [0.25, 0.3) is 0 Å². The molecule has 1 aromatic carbocycles. The second kappa shape index (κ2) is 6.74. The van der Waals surface area contributed by atoms with Crippen molar-refractivity contribution in [1.82, 2.24) is 4.57 Å². The third-order valence-corrected chi connectivity index (χ3v) is 3.75. The van der Waals surface area contributed by atoms with Crippen LogP contribution in [0.4, 0.5) is 0 Å². The van der Waals surface area contributed by atoms with Crippen LogP contribution < -0.4 is 5.73 Å². The van der Waals surface area contributed by atoms with Gasteiger partial charge in [-0.3, -0.25) is 0 Å². The Morgan fingerprint density at radius 2 is 2.10 bits per heavy atom. The van der Waals surface area contributed by atoms with Gasteiger partial charge in [0.1, 0.15) is 0 Å². The molecule has 21 heavy (non-hydrogen) atoms. The van der Waals surface area contributed by atoms with Gasteiger partial charge >= 0.3 is 5.97 Å². The Kier molecular flexibility index (Phi) is 4.98. The zero-order valence-corrected chi connectivity index (χ0v) is 12.3. The van der Waals surface area contributed by atoms with Gasteiger partial charge < -0.3 is 20.5 Å². The second-order valence-electron chi connectivity index (χ2n) is 5.31. The predicted molar refractivity (Wildman–Crippen MR) is 82.7 cm³/mol. The summed E-state index contributed by atoms with van der Waals surface area (Å²) in [6.07, 6.45) is 4.49. The van der Waals surface area contributed by atoms with E-state index in [1.165, 1.54) is 5.56 Å². The number of aliphatic hydroxyl groups is 1. The summed E-state index contributed by atoms with van der Waals surface area (Å²) in [4.78, 5) is 11.3. The molecule has 5 nitrogen and oxygen atoms in total. The molecule has 5 heteroatoms. The third kappa shape index (κ3) is 3.25. The highest BCUT2D eigenvalue weighted by Crippen LogP contribution is 2.26. The number of carbonyl (C=O) groups is 1. The number of hydrogen-bond donors (Lipinski definition) is 3. The highest BCUT2D eigenvalue weighted by molar-refractivity contribution is 5.96. The monoisotopic (exact) mass is 290 g/mol. The number of rotatable bonds is 7. The second-order valence-corrected chi connectivity index (χ2v) is 5.31. The molecule has 0 saturated heterocycles. The van der Waals surface area contributed by atoms with Crippen LogP contribution in [0.15, 0.2) is 18.3 Å². The van der Waals surface area contributed by atoms with Gasteiger partial charge in [-0.2, -0.15) is 0 Å². The van der Waals surface area contributed by atoms with Gasteiger partial charge in [0.05, 0.1) is 5.56 Å². The minimum absolute atomic E-state index is 0.120. The SMILES string of the molecule is Cc1cc2c(CCCN)cn(CCCO)c2cc1C(=O)O. The van der Waals surface area contributed by atoms with Crippen molar-refractivity contribution in [3.8, 4) is 0 Å². The van der Waals surface area contributed by atoms with Crippen molar-refractivity contribution in [2.24, 2.45) is 5.73 Å². The molecule has 0 aliphatic rings. The predicted octanol–water partition coefficient (Wildman–Crippen LogP) is 1.92. The number of nitrogens with zero attached hydrogens (tertiary/aromatic N) is 1. The molecule has 2 rings (SSSR count). The molecule has 0 aliphatic heterocycles. The summed E-state index contributed by atoms with van der Waals surface area (Å²) < 4.78 is 2.03. The number of nitrogens with two attached hydrogens (primary N) is 1. The fourth-order valence-corrected chi connectivity index (χ4v) is 2.67. The molecule has 0 unspecified atom stereocenters. The molecule has 1 aromatic heterocycles. The standard InChI is InChI=1S/C16H22N2O3/c1-11-8-14-12(4-2-5-17)10-18(6-3-7-19)15(14)9-13(11)16(20)21/h8-10,19H,2-7,17H2,1H3,(H,20,21). The number of carboxylic acids is 1. The summed E-state index contributed by atoms with van der Waals surface area (Å²) in [6, 6.07) is 3.68. The van der Waals surface area contributed by atoms with Crippen LogP contribution in [-0.4, -0.2) is 33.9 Å². The largest absolute Gasteiger partial charge is 0.478 e. The lowest BCUT2D eigenvalue weighted by atomic mass is 10.0. The Morgan fingerprint density at radius 1 is 1.33 bits per heavy atom. The van der Waals surface area contributed by atoms with Crippen molar-refractivity contribution in [1.29, 1.82) is 0 Å². The molecule has 4 N–H and O–H groups in total. The molecule has 0 bridgehead atoms. The fraction of sp³-hybridized carbons (Fsp3) is 0.438. The lowest BCUT2D eigenvalue weighted by Gasteiger charge is -2.06. The molecule has 0 spiro atoms. The first kappa shape index (κ1) is 15.5. The van der Waals surface area contributed by atoms with Crippen molar-refractivity contribution < 1.29 is 15.0 Å². The number of hydrogen-bond acceptors (Lipinski definition) is 3. The van der Waals surface area contributed by atoms with E-state index in [4.69, 9.17) is 10.8 Å². The average Bonchev–Trinajstić information content (AvgIpc) is 2.78. The lowest BCUT2D eigenvalue weighted by Crippen LogP contribution is -2.02. The number of aromatic nitrogens is 1. The molecule has 0 fully saturated rings. The number of aliphatic hydroxyl groups excluding tert-OH is 1. The number of benzene rings is 1. The van der Waals surface area contributed by atoms with Crippen molar-refractivity contribution in [2.45, 2.75) is 32.7 Å². The molecule has 1 heterocycles. The van der Waals surface area contributed by atoms with Gasteiger partial charge in [0, 0.05) is 30.3 Å². The van der Waals surface area contributed by atoms with Gasteiger partial charge in [0.15, 0.2) is 0 Å². The van der Waals surface area contributed by atoms with Crippen LogP contribution in [0.3, 0.4) is 0 Å². The first-order valence-corrected chi connectivity index (χ1v) is 7.25. The zero-order chi connectivity index (χ0) is 15.4. The van der Waals surface area contributed by atoms with Crippen molar-refractivity contribution >= 4 is 16.9 Å². The van der Waals surface area contributed by atoms with Crippen LogP contribution in [0, 0.1) is 6.92 Å². The van der Waals surface area contributed by atoms with E-state index in [0.29, 0.717) is 25.1 Å². The van der Waals surface area contributed by atoms with E-state index in [2.05, 4.69) is 6.20 Å². The summed E-state index contributed by atoms with van der Waals surface area (Å²) >= 11 is 0. The highest BCUT2D eigenvalue weighted by Gasteiger charge is 2.14. The fourth-order valence-electron chi connectivity index (χ4n) is 2.67. The Morgan fingerprint density at radius 3 is 2.71 bits per heavy atom. The van der Waals surface area contributed by atoms with Gasteiger partial charge in [-0.15, -0.1) is 0 Å². The summed E-state index contributed by atoms with van der Waals surface area (Å²) in [5.74, 6) is -0.909. The Balaban J connectivity index is 2.54. The normalized spacial score (nSPS) is 11.2. The van der Waals surface area contributed by atoms with E-state index >= 15 is 0 Å². The van der Waals surface area contributed by atoms with E-state index in [1.54, 1.807) is 6.07 Å². The lowest BCUT2D eigenvalue weighted by molar-refractivity contribution is 0.0696. The van der Waals surface area contributed by atoms with Gasteiger partial charge in [-0.25, -0.2) is 4.79 Å². The maximum atomic E-state index is 11.3. The summed E-state index contributed by atoms with van der Waals surface area (Å²) in [5, 5.41) is 19.4. The van der Waals surface area contributed by atoms with E-state index in [9.17, 15) is 9.90 Å². The summed E-state index contributed by atoms with van der Waals surface area (Å²) in [6.45, 7) is 3.25. The maximum Gasteiger partial charge on any atom is 0.336 e. The molecule has 0 atom stereocenters. The Bertz CT molecular complexity index is 646. The van der Waals surface area contributed by atoms with Crippen LogP contribution in [0.5, 0.6) is 0 Å². The molecule has 0 saturated carbocycles. The smallest absolute Gasteiger partial charge is 0.336 e. The van der Waals surface area contributed by atoms with Crippen LogP contribution in [0.25, 0.3) is 10.9 Å². The number of fused-ring (bicyclic) bond motifs is 1. The number of carboxylic acid groups (broad SMARTS) is 1. The minimum atomic E-state index is -0.909. The first-order valence-electron chi connectivity index (χ1n) is 7.25. The van der Waals surface area contributed by atoms with Crippen LogP contribution in [0.1, 0.15) is 34.3 Å². The van der Waals surface area contributed by atoms with E-state index in [1.807, 2.05) is 17.6 Å². The van der Waals surface area contributed by atoms with Gasteiger partial charge in [-0.05, 0) is 56.0 Å². The topological polar surface area (TPSA) is 88.5 Å². The van der Waals surface area contributed by atoms with Crippen LogP contribution >= 0.6 is 0 Å². The Labute approximate surface area is 124 Å². The first-order chi connectivity index (χ1) is 10.1. The van der Waals surface area contributed by atoms with Gasteiger partial charge in [0.2, 0.25) is 0 Å². The minimum Gasteiger partial charge on any atom is -0.478 e. The van der Waals surface area contributed by atoms with Crippen molar-refractivity contribution in [2.75, 3.05) is 13.2 Å². The van der Waals surface area contributed by atoms with Crippen LogP contribution in [0.2, 0.25) is 0 Å². The van der Waals surface area contributed by atoms with Crippen molar-refractivity contribution in [3.05, 3.63) is 35.0 Å². The van der Waals surface area contributed by atoms with Gasteiger partial charge in [-0.1, -0.05) is 0 Å². The molecule has 2 aromatic rings. The van der Waals surface area contributed by atoms with E-state index < -0.39 is 5.97 Å².